The Morgan fingerprint density at radius 2 is 1.94 bits per heavy atom. The zero-order chi connectivity index (χ0) is 21.8. The van der Waals surface area contributed by atoms with E-state index in [9.17, 15) is 9.59 Å². The summed E-state index contributed by atoms with van der Waals surface area (Å²) in [4.78, 5) is 33.3. The SMILES string of the molecule is NCC1CCC(C(=O)NC2CCCCC(=O)Nc3ccccc3-c3nc2[nH]c3Cl)CC1. The molecule has 2 aromatic rings. The molecule has 0 spiro atoms. The highest BCUT2D eigenvalue weighted by Crippen LogP contribution is 2.35. The van der Waals surface area contributed by atoms with Crippen molar-refractivity contribution in [3.63, 3.8) is 0 Å². The van der Waals surface area contributed by atoms with Crippen molar-refractivity contribution in [2.24, 2.45) is 17.6 Å². The molecule has 2 amide bonds. The maximum atomic E-state index is 13.0. The number of hydrogen-bond donors (Lipinski definition) is 4. The third-order valence-corrected chi connectivity index (χ3v) is 6.75. The molecular weight excluding hydrogens is 414 g/mol. The summed E-state index contributed by atoms with van der Waals surface area (Å²) in [5.41, 5.74) is 7.81. The number of nitrogens with one attached hydrogen (secondary N) is 3. The molecule has 5 N–H and O–H groups in total. The molecule has 1 aliphatic heterocycles. The number of para-hydroxylation sites is 1. The molecule has 166 valence electrons. The number of nitrogens with two attached hydrogens (primary N) is 1. The van der Waals surface area contributed by atoms with Crippen molar-refractivity contribution in [3.05, 3.63) is 35.2 Å². The number of benzene rings is 1. The van der Waals surface area contributed by atoms with Gasteiger partial charge in [-0.1, -0.05) is 36.2 Å². The summed E-state index contributed by atoms with van der Waals surface area (Å²) in [5, 5.41) is 6.58. The average molecular weight is 444 g/mol. The molecular formula is C23H30ClN5O2. The zero-order valence-electron chi connectivity index (χ0n) is 17.6. The number of H-pyrrole nitrogens is 1. The number of carbonyl (C=O) groups is 2. The lowest BCUT2D eigenvalue weighted by Crippen LogP contribution is -2.37. The Morgan fingerprint density at radius 1 is 1.16 bits per heavy atom. The van der Waals surface area contributed by atoms with Crippen molar-refractivity contribution in [3.8, 4) is 11.3 Å². The Hall–Kier alpha value is -2.38. The summed E-state index contributed by atoms with van der Waals surface area (Å²) < 4.78 is 0. The van der Waals surface area contributed by atoms with Gasteiger partial charge < -0.3 is 21.4 Å². The lowest BCUT2D eigenvalue weighted by molar-refractivity contribution is -0.127. The van der Waals surface area contributed by atoms with E-state index in [1.807, 2.05) is 24.3 Å². The summed E-state index contributed by atoms with van der Waals surface area (Å²) in [6.45, 7) is 0.694. The maximum absolute atomic E-state index is 13.0. The lowest BCUT2D eigenvalue weighted by Gasteiger charge is -2.28. The number of anilines is 1. The highest BCUT2D eigenvalue weighted by molar-refractivity contribution is 6.32. The van der Waals surface area contributed by atoms with Crippen molar-refractivity contribution >= 4 is 29.1 Å². The molecule has 1 fully saturated rings. The normalized spacial score (nSPS) is 24.3. The van der Waals surface area contributed by atoms with Crippen LogP contribution in [0.1, 0.15) is 63.2 Å². The second-order valence-electron chi connectivity index (χ2n) is 8.64. The molecule has 1 aromatic heterocycles. The summed E-state index contributed by atoms with van der Waals surface area (Å²) >= 11 is 6.51. The van der Waals surface area contributed by atoms with Crippen LogP contribution in [0.3, 0.4) is 0 Å². The van der Waals surface area contributed by atoms with Gasteiger partial charge in [-0.25, -0.2) is 4.98 Å². The number of fused-ring (bicyclic) bond motifs is 4. The molecule has 2 heterocycles. The highest BCUT2D eigenvalue weighted by atomic mass is 35.5. The van der Waals surface area contributed by atoms with Crippen LogP contribution in [0.5, 0.6) is 0 Å². The summed E-state index contributed by atoms with van der Waals surface area (Å²) in [5.74, 6) is 1.24. The van der Waals surface area contributed by atoms with E-state index in [1.165, 1.54) is 0 Å². The second kappa shape index (κ2) is 9.83. The van der Waals surface area contributed by atoms with Gasteiger partial charge in [0.1, 0.15) is 16.7 Å². The minimum Gasteiger partial charge on any atom is -0.346 e. The second-order valence-corrected chi connectivity index (χ2v) is 9.02. The number of imidazole rings is 1. The number of rotatable bonds is 3. The Balaban J connectivity index is 1.58. The van der Waals surface area contributed by atoms with Gasteiger partial charge in [-0.15, -0.1) is 0 Å². The van der Waals surface area contributed by atoms with Crippen LogP contribution >= 0.6 is 11.6 Å². The topological polar surface area (TPSA) is 113 Å². The standard InChI is InChI=1S/C23H30ClN5O2/c24-21-20-16-5-1-2-6-17(16)26-19(30)8-4-3-7-18(22(28-20)29-21)27-23(31)15-11-9-14(13-25)10-12-15/h1-2,5-6,14-15,18H,3-4,7-13,25H2,(H,26,30)(H,27,31)(H,28,29). The van der Waals surface area contributed by atoms with Gasteiger partial charge in [0.2, 0.25) is 11.8 Å². The van der Waals surface area contributed by atoms with Gasteiger partial charge in [0.15, 0.2) is 0 Å². The Morgan fingerprint density at radius 3 is 2.71 bits per heavy atom. The summed E-state index contributed by atoms with van der Waals surface area (Å²) in [6.07, 6.45) is 6.42. The lowest BCUT2D eigenvalue weighted by atomic mass is 9.81. The fourth-order valence-electron chi connectivity index (χ4n) is 4.59. The first-order chi connectivity index (χ1) is 15.0. The minimum atomic E-state index is -0.263. The fraction of sp³-hybridized carbons (Fsp3) is 0.522. The van der Waals surface area contributed by atoms with Gasteiger partial charge in [0, 0.05) is 17.9 Å². The van der Waals surface area contributed by atoms with Gasteiger partial charge in [0.05, 0.1) is 11.7 Å². The van der Waals surface area contributed by atoms with Crippen molar-refractivity contribution in [1.29, 1.82) is 0 Å². The first-order valence-corrected chi connectivity index (χ1v) is 11.6. The molecule has 1 aliphatic carbocycles. The molecule has 0 radical (unpaired) electrons. The van der Waals surface area contributed by atoms with Crippen LogP contribution in [0.15, 0.2) is 24.3 Å². The minimum absolute atomic E-state index is 0.0144. The van der Waals surface area contributed by atoms with E-state index in [-0.39, 0.29) is 23.8 Å². The molecule has 7 nitrogen and oxygen atoms in total. The molecule has 31 heavy (non-hydrogen) atoms. The molecule has 1 saturated carbocycles. The quantitative estimate of drug-likeness (QED) is 0.570. The number of hydrogen-bond acceptors (Lipinski definition) is 4. The van der Waals surface area contributed by atoms with Gasteiger partial charge in [-0.05, 0) is 57.1 Å². The Bertz CT molecular complexity index is 936. The zero-order valence-corrected chi connectivity index (χ0v) is 18.4. The molecule has 2 aliphatic rings. The van der Waals surface area contributed by atoms with E-state index < -0.39 is 0 Å². The monoisotopic (exact) mass is 443 g/mol. The average Bonchev–Trinajstić information content (AvgIpc) is 3.17. The molecule has 1 unspecified atom stereocenters. The molecule has 8 heteroatoms. The van der Waals surface area contributed by atoms with E-state index in [1.54, 1.807) is 0 Å². The van der Waals surface area contributed by atoms with Gasteiger partial charge in [-0.2, -0.15) is 0 Å². The maximum Gasteiger partial charge on any atom is 0.224 e. The molecule has 1 aromatic carbocycles. The van der Waals surface area contributed by atoms with Crippen LogP contribution in [0.25, 0.3) is 11.3 Å². The summed E-state index contributed by atoms with van der Waals surface area (Å²) in [7, 11) is 0. The Kier molecular flexibility index (Phi) is 6.92. The fourth-order valence-corrected chi connectivity index (χ4v) is 4.83. The molecule has 1 atom stereocenters. The first kappa shape index (κ1) is 21.8. The van der Waals surface area contributed by atoms with Crippen LogP contribution < -0.4 is 16.4 Å². The number of aromatic nitrogens is 2. The predicted octanol–water partition coefficient (Wildman–Crippen LogP) is 4.17. The van der Waals surface area contributed by atoms with Gasteiger partial charge in [-0.3, -0.25) is 9.59 Å². The van der Waals surface area contributed by atoms with Crippen molar-refractivity contribution in [2.75, 3.05) is 11.9 Å². The third kappa shape index (κ3) is 5.10. The Labute approximate surface area is 187 Å². The van der Waals surface area contributed by atoms with Crippen LogP contribution in [-0.2, 0) is 9.59 Å². The van der Waals surface area contributed by atoms with Crippen molar-refractivity contribution in [1.82, 2.24) is 15.3 Å². The number of halogens is 1. The largest absolute Gasteiger partial charge is 0.346 e. The van der Waals surface area contributed by atoms with Crippen LogP contribution in [0.2, 0.25) is 5.15 Å². The van der Waals surface area contributed by atoms with Crippen molar-refractivity contribution in [2.45, 2.75) is 57.4 Å². The number of aromatic amines is 1. The van der Waals surface area contributed by atoms with E-state index in [2.05, 4.69) is 15.6 Å². The molecule has 2 bridgehead atoms. The van der Waals surface area contributed by atoms with Crippen LogP contribution in [-0.4, -0.2) is 28.3 Å². The van der Waals surface area contributed by atoms with E-state index in [0.29, 0.717) is 47.7 Å². The van der Waals surface area contributed by atoms with Gasteiger partial charge >= 0.3 is 0 Å². The molecule has 4 rings (SSSR count). The number of nitrogens with zero attached hydrogens (tertiary/aromatic N) is 1. The van der Waals surface area contributed by atoms with Crippen LogP contribution in [0.4, 0.5) is 5.69 Å². The van der Waals surface area contributed by atoms with E-state index in [4.69, 9.17) is 22.3 Å². The predicted molar refractivity (Wildman–Crippen MR) is 122 cm³/mol. The van der Waals surface area contributed by atoms with Crippen molar-refractivity contribution < 1.29 is 9.59 Å². The molecule has 0 saturated heterocycles. The summed E-state index contributed by atoms with van der Waals surface area (Å²) in [6, 6.07) is 7.23. The number of carbonyl (C=O) groups excluding carboxylic acids is 2. The highest BCUT2D eigenvalue weighted by Gasteiger charge is 2.29. The van der Waals surface area contributed by atoms with E-state index >= 15 is 0 Å². The smallest absolute Gasteiger partial charge is 0.224 e. The third-order valence-electron chi connectivity index (χ3n) is 6.48. The van der Waals surface area contributed by atoms with Gasteiger partial charge in [0.25, 0.3) is 0 Å². The number of amides is 2. The van der Waals surface area contributed by atoms with E-state index in [0.717, 1.165) is 44.1 Å². The van der Waals surface area contributed by atoms with Crippen LogP contribution in [0, 0.1) is 11.8 Å². The first-order valence-electron chi connectivity index (χ1n) is 11.2.